The van der Waals surface area contributed by atoms with Gasteiger partial charge >= 0.3 is 0 Å². The van der Waals surface area contributed by atoms with Crippen LogP contribution in [0.5, 0.6) is 0 Å². The van der Waals surface area contributed by atoms with Crippen molar-refractivity contribution in [3.8, 4) is 0 Å². The molecule has 1 aliphatic rings. The molecule has 1 aromatic rings. The fourth-order valence-electron chi connectivity index (χ4n) is 1.25. The number of benzene rings is 1. The number of para-hydroxylation sites is 2. The van der Waals surface area contributed by atoms with Gasteiger partial charge in [0.25, 0.3) is 5.91 Å². The molecule has 0 aromatic heterocycles. The van der Waals surface area contributed by atoms with E-state index in [1.54, 1.807) is 24.3 Å². The fraction of sp³-hybridized carbons (Fsp3) is 0.125. The molecule has 0 saturated heterocycles. The zero-order valence-corrected chi connectivity index (χ0v) is 6.77. The first kappa shape index (κ1) is 8.03. The number of nitrogens with two attached hydrogens (primary N) is 1. The van der Waals surface area contributed by atoms with Crippen LogP contribution in [0.3, 0.4) is 0 Å². The predicted molar refractivity (Wildman–Crippen MR) is 47.3 cm³/mol. The topological polar surface area (TPSA) is 78.6 Å². The highest BCUT2D eigenvalue weighted by molar-refractivity contribution is 6.02. The molecule has 1 amide bonds. The second kappa shape index (κ2) is 2.72. The maximum Gasteiger partial charge on any atom is 0.264 e. The normalized spacial score (nSPS) is 20.9. The van der Waals surface area contributed by atoms with Gasteiger partial charge in [0.1, 0.15) is 0 Å². The van der Waals surface area contributed by atoms with Gasteiger partial charge in [0.2, 0.25) is 0 Å². The average molecular weight is 179 g/mol. The van der Waals surface area contributed by atoms with Crippen molar-refractivity contribution >= 4 is 17.3 Å². The van der Waals surface area contributed by atoms with Gasteiger partial charge in [0.15, 0.2) is 6.17 Å². The summed E-state index contributed by atoms with van der Waals surface area (Å²) >= 11 is 0. The van der Waals surface area contributed by atoms with Crippen molar-refractivity contribution in [1.82, 2.24) is 0 Å². The minimum absolute atomic E-state index is 0.416. The zero-order valence-electron chi connectivity index (χ0n) is 6.77. The molecule has 0 spiro atoms. The maximum absolute atomic E-state index is 11.1. The SMILES string of the molecule is NC1C(=O)Nc2ccccc2N1O. The number of carbonyl (C=O) groups is 1. The van der Waals surface area contributed by atoms with E-state index in [-0.39, 0.29) is 0 Å². The summed E-state index contributed by atoms with van der Waals surface area (Å²) < 4.78 is 0. The van der Waals surface area contributed by atoms with Gasteiger partial charge < -0.3 is 11.1 Å². The average Bonchev–Trinajstić information content (AvgIpc) is 2.15. The number of nitrogens with one attached hydrogen (secondary N) is 1. The highest BCUT2D eigenvalue weighted by Gasteiger charge is 2.28. The van der Waals surface area contributed by atoms with Crippen LogP contribution in [0.2, 0.25) is 0 Å². The minimum atomic E-state index is -1.03. The van der Waals surface area contributed by atoms with Gasteiger partial charge in [-0.1, -0.05) is 12.1 Å². The predicted octanol–water partition coefficient (Wildman–Crippen LogP) is 0.119. The second-order valence-electron chi connectivity index (χ2n) is 2.80. The van der Waals surface area contributed by atoms with Crippen LogP contribution in [0.4, 0.5) is 11.4 Å². The standard InChI is InChI=1S/C8H9N3O2/c9-7-8(12)10-5-3-1-2-4-6(5)11(7)13/h1-4,7,13H,9H2,(H,10,12). The molecule has 2 rings (SSSR count). The van der Waals surface area contributed by atoms with E-state index < -0.39 is 12.1 Å². The van der Waals surface area contributed by atoms with Crippen LogP contribution in [0.25, 0.3) is 0 Å². The Balaban J connectivity index is 2.49. The van der Waals surface area contributed by atoms with Crippen molar-refractivity contribution in [2.24, 2.45) is 5.73 Å². The third-order valence-electron chi connectivity index (χ3n) is 1.94. The largest absolute Gasteiger partial charge is 0.321 e. The Morgan fingerprint density at radius 2 is 2.15 bits per heavy atom. The highest BCUT2D eigenvalue weighted by atomic mass is 16.5. The Morgan fingerprint density at radius 1 is 1.46 bits per heavy atom. The van der Waals surface area contributed by atoms with E-state index in [2.05, 4.69) is 5.32 Å². The van der Waals surface area contributed by atoms with Gasteiger partial charge in [-0.05, 0) is 12.1 Å². The molecule has 1 unspecified atom stereocenters. The monoisotopic (exact) mass is 179 g/mol. The lowest BCUT2D eigenvalue weighted by Crippen LogP contribution is -2.52. The number of nitrogens with zero attached hydrogens (tertiary/aromatic N) is 1. The van der Waals surface area contributed by atoms with Gasteiger partial charge in [-0.2, -0.15) is 0 Å². The molecule has 13 heavy (non-hydrogen) atoms. The first-order valence-electron chi connectivity index (χ1n) is 3.84. The summed E-state index contributed by atoms with van der Waals surface area (Å²) in [5, 5.41) is 12.8. The molecule has 1 heterocycles. The summed E-state index contributed by atoms with van der Waals surface area (Å²) in [6, 6.07) is 6.90. The molecule has 68 valence electrons. The first-order chi connectivity index (χ1) is 6.20. The van der Waals surface area contributed by atoms with Crippen molar-refractivity contribution in [2.75, 3.05) is 10.4 Å². The summed E-state index contributed by atoms with van der Waals surface area (Å²) in [6.07, 6.45) is -1.03. The molecule has 1 aromatic carbocycles. The third kappa shape index (κ3) is 1.14. The second-order valence-corrected chi connectivity index (χ2v) is 2.80. The molecule has 0 radical (unpaired) electrons. The van der Waals surface area contributed by atoms with E-state index in [0.29, 0.717) is 11.4 Å². The zero-order chi connectivity index (χ0) is 9.42. The number of anilines is 2. The molecular formula is C8H9N3O2. The molecule has 4 N–H and O–H groups in total. The van der Waals surface area contributed by atoms with E-state index in [9.17, 15) is 10.0 Å². The van der Waals surface area contributed by atoms with Crippen molar-refractivity contribution in [1.29, 1.82) is 0 Å². The van der Waals surface area contributed by atoms with Crippen LogP contribution in [-0.4, -0.2) is 17.3 Å². The van der Waals surface area contributed by atoms with Gasteiger partial charge in [-0.25, -0.2) is 5.06 Å². The number of carbonyl (C=O) groups excluding carboxylic acids is 1. The van der Waals surface area contributed by atoms with Crippen molar-refractivity contribution in [3.05, 3.63) is 24.3 Å². The molecule has 5 nitrogen and oxygen atoms in total. The summed E-state index contributed by atoms with van der Waals surface area (Å²) in [5.74, 6) is -0.416. The first-order valence-corrected chi connectivity index (χ1v) is 3.84. The van der Waals surface area contributed by atoms with Crippen molar-refractivity contribution < 1.29 is 10.0 Å². The molecule has 1 atom stereocenters. The van der Waals surface area contributed by atoms with Gasteiger partial charge in [0, 0.05) is 0 Å². The summed E-state index contributed by atoms with van der Waals surface area (Å²) in [4.78, 5) is 11.1. The number of hydroxylamine groups is 1. The summed E-state index contributed by atoms with van der Waals surface area (Å²) in [6.45, 7) is 0. The van der Waals surface area contributed by atoms with Crippen molar-refractivity contribution in [2.45, 2.75) is 6.17 Å². The van der Waals surface area contributed by atoms with Crippen LogP contribution >= 0.6 is 0 Å². The van der Waals surface area contributed by atoms with Crippen LogP contribution < -0.4 is 16.1 Å². The van der Waals surface area contributed by atoms with E-state index >= 15 is 0 Å². The van der Waals surface area contributed by atoms with E-state index in [1.165, 1.54) is 0 Å². The number of hydrogen-bond acceptors (Lipinski definition) is 4. The summed E-state index contributed by atoms with van der Waals surface area (Å²) in [5.41, 5.74) is 6.48. The molecule has 0 bridgehead atoms. The Morgan fingerprint density at radius 3 is 2.92 bits per heavy atom. The van der Waals surface area contributed by atoms with E-state index in [0.717, 1.165) is 5.06 Å². The van der Waals surface area contributed by atoms with Crippen LogP contribution in [0.1, 0.15) is 0 Å². The number of fused-ring (bicyclic) bond motifs is 1. The number of hydrogen-bond donors (Lipinski definition) is 3. The Bertz CT molecular complexity index is 353. The molecule has 1 aliphatic heterocycles. The minimum Gasteiger partial charge on any atom is -0.321 e. The Labute approximate surface area is 74.7 Å². The van der Waals surface area contributed by atoms with E-state index in [1.807, 2.05) is 0 Å². The lowest BCUT2D eigenvalue weighted by atomic mass is 10.2. The smallest absolute Gasteiger partial charge is 0.264 e. The number of amides is 1. The van der Waals surface area contributed by atoms with Crippen LogP contribution in [0, 0.1) is 0 Å². The molecular weight excluding hydrogens is 170 g/mol. The lowest BCUT2D eigenvalue weighted by molar-refractivity contribution is -0.119. The lowest BCUT2D eigenvalue weighted by Gasteiger charge is -2.30. The Kier molecular flexibility index (Phi) is 1.68. The maximum atomic E-state index is 11.1. The van der Waals surface area contributed by atoms with Crippen LogP contribution in [-0.2, 0) is 4.79 Å². The van der Waals surface area contributed by atoms with E-state index in [4.69, 9.17) is 5.73 Å². The fourth-order valence-corrected chi connectivity index (χ4v) is 1.25. The summed E-state index contributed by atoms with van der Waals surface area (Å²) in [7, 11) is 0. The molecule has 5 heteroatoms. The molecule has 0 aliphatic carbocycles. The number of rotatable bonds is 0. The van der Waals surface area contributed by atoms with Crippen molar-refractivity contribution in [3.63, 3.8) is 0 Å². The van der Waals surface area contributed by atoms with Gasteiger partial charge in [-0.15, -0.1) is 0 Å². The molecule has 0 fully saturated rings. The Hall–Kier alpha value is -1.59. The van der Waals surface area contributed by atoms with Gasteiger partial charge in [0.05, 0.1) is 11.4 Å². The molecule has 0 saturated carbocycles. The van der Waals surface area contributed by atoms with Gasteiger partial charge in [-0.3, -0.25) is 10.0 Å². The highest BCUT2D eigenvalue weighted by Crippen LogP contribution is 2.28. The third-order valence-corrected chi connectivity index (χ3v) is 1.94. The van der Waals surface area contributed by atoms with Crippen LogP contribution in [0.15, 0.2) is 24.3 Å². The quantitative estimate of drug-likeness (QED) is 0.528.